The van der Waals surface area contributed by atoms with E-state index in [0.717, 1.165) is 16.5 Å². The van der Waals surface area contributed by atoms with Crippen LogP contribution in [0.5, 0.6) is 5.75 Å². The monoisotopic (exact) mass is 311 g/mol. The number of aromatic nitrogens is 1. The number of esters is 1. The average molecular weight is 311 g/mol. The minimum Gasteiger partial charge on any atom is -0.493 e. The van der Waals surface area contributed by atoms with Crippen LogP contribution < -0.4 is 4.74 Å². The van der Waals surface area contributed by atoms with Gasteiger partial charge in [0.05, 0.1) is 12.8 Å². The van der Waals surface area contributed by atoms with Crippen molar-refractivity contribution in [3.8, 4) is 5.75 Å². The molecule has 0 saturated heterocycles. The summed E-state index contributed by atoms with van der Waals surface area (Å²) in [5.74, 6) is 0.288. The molecule has 118 valence electrons. The highest BCUT2D eigenvalue weighted by atomic mass is 16.5. The predicted molar refractivity (Wildman–Crippen MR) is 85.6 cm³/mol. The zero-order chi connectivity index (χ0) is 16.4. The van der Waals surface area contributed by atoms with E-state index in [1.54, 1.807) is 19.4 Å². The maximum atomic E-state index is 12.3. The number of nitrogens with zero attached hydrogens (tertiary/aromatic N) is 1. The van der Waals surface area contributed by atoms with Gasteiger partial charge in [0.15, 0.2) is 11.3 Å². The lowest BCUT2D eigenvalue weighted by atomic mass is 10.1. The quantitative estimate of drug-likeness (QED) is 0.686. The van der Waals surface area contributed by atoms with Crippen molar-refractivity contribution in [2.24, 2.45) is 0 Å². The van der Waals surface area contributed by atoms with Crippen molar-refractivity contribution in [3.63, 3.8) is 0 Å². The Morgan fingerprint density at radius 2 is 2.09 bits per heavy atom. The zero-order valence-corrected chi connectivity index (χ0v) is 13.3. The van der Waals surface area contributed by atoms with Crippen LogP contribution in [-0.4, -0.2) is 18.1 Å². The molecule has 0 atom stereocenters. The number of fused-ring (bicyclic) bond motifs is 1. The van der Waals surface area contributed by atoms with E-state index in [2.05, 4.69) is 4.98 Å². The van der Waals surface area contributed by atoms with Crippen molar-refractivity contribution in [2.45, 2.75) is 20.5 Å². The van der Waals surface area contributed by atoms with Gasteiger partial charge in [0.1, 0.15) is 6.61 Å². The summed E-state index contributed by atoms with van der Waals surface area (Å²) < 4.78 is 16.3. The first-order chi connectivity index (χ1) is 11.1. The molecule has 0 radical (unpaired) electrons. The Bertz CT molecular complexity index is 852. The summed E-state index contributed by atoms with van der Waals surface area (Å²) in [5.41, 5.74) is 3.02. The smallest absolute Gasteiger partial charge is 0.374 e. The van der Waals surface area contributed by atoms with Crippen LogP contribution in [0.15, 0.2) is 40.9 Å². The molecule has 0 aliphatic heterocycles. The number of furan rings is 1. The first-order valence-electron chi connectivity index (χ1n) is 7.25. The largest absolute Gasteiger partial charge is 0.493 e. The van der Waals surface area contributed by atoms with Gasteiger partial charge in [-0.25, -0.2) is 4.79 Å². The number of carbonyl (C=O) groups excluding carboxylic acids is 1. The van der Waals surface area contributed by atoms with Gasteiger partial charge in [-0.2, -0.15) is 0 Å². The average Bonchev–Trinajstić information content (AvgIpc) is 2.90. The minimum atomic E-state index is -0.510. The summed E-state index contributed by atoms with van der Waals surface area (Å²) in [6, 6.07) is 9.28. The summed E-state index contributed by atoms with van der Waals surface area (Å²) in [4.78, 5) is 16.4. The van der Waals surface area contributed by atoms with Crippen molar-refractivity contribution in [3.05, 3.63) is 59.1 Å². The summed E-state index contributed by atoms with van der Waals surface area (Å²) in [7, 11) is 1.57. The molecule has 2 aromatic heterocycles. The fourth-order valence-corrected chi connectivity index (χ4v) is 2.46. The summed E-state index contributed by atoms with van der Waals surface area (Å²) in [5, 5.41) is 0.853. The summed E-state index contributed by atoms with van der Waals surface area (Å²) in [6.07, 6.45) is 1.66. The third-order valence-corrected chi connectivity index (χ3v) is 3.63. The number of carbonyl (C=O) groups is 1. The Hall–Kier alpha value is -2.82. The number of aryl methyl sites for hydroxylation is 2. The van der Waals surface area contributed by atoms with E-state index in [-0.39, 0.29) is 12.4 Å². The second-order valence-corrected chi connectivity index (χ2v) is 5.30. The number of pyridine rings is 1. The van der Waals surface area contributed by atoms with E-state index in [4.69, 9.17) is 13.9 Å². The predicted octanol–water partition coefficient (Wildman–Crippen LogP) is 3.81. The van der Waals surface area contributed by atoms with Crippen LogP contribution in [0.4, 0.5) is 0 Å². The van der Waals surface area contributed by atoms with Gasteiger partial charge in [0, 0.05) is 17.1 Å². The molecule has 2 heterocycles. The lowest BCUT2D eigenvalue weighted by Gasteiger charge is -2.02. The highest BCUT2D eigenvalue weighted by Crippen LogP contribution is 2.34. The maximum Gasteiger partial charge on any atom is 0.374 e. The number of ether oxygens (including phenoxy) is 2. The number of hydrogen-bond acceptors (Lipinski definition) is 5. The lowest BCUT2D eigenvalue weighted by Crippen LogP contribution is -2.06. The van der Waals surface area contributed by atoms with Crippen molar-refractivity contribution >= 4 is 16.9 Å². The van der Waals surface area contributed by atoms with Gasteiger partial charge in [0.25, 0.3) is 0 Å². The number of hydrogen-bond donors (Lipinski definition) is 0. The molecule has 0 saturated carbocycles. The molecule has 0 N–H and O–H groups in total. The van der Waals surface area contributed by atoms with Crippen LogP contribution in [-0.2, 0) is 11.3 Å². The topological polar surface area (TPSA) is 61.6 Å². The molecule has 0 unspecified atom stereocenters. The van der Waals surface area contributed by atoms with E-state index in [1.165, 1.54) is 0 Å². The van der Waals surface area contributed by atoms with Crippen LogP contribution in [0, 0.1) is 13.8 Å². The molecule has 3 aromatic rings. The van der Waals surface area contributed by atoms with Crippen molar-refractivity contribution < 1.29 is 18.7 Å². The van der Waals surface area contributed by atoms with Crippen molar-refractivity contribution in [1.82, 2.24) is 4.98 Å². The molecule has 3 rings (SSSR count). The third-order valence-electron chi connectivity index (χ3n) is 3.63. The molecule has 0 fully saturated rings. The van der Waals surface area contributed by atoms with Crippen molar-refractivity contribution in [1.29, 1.82) is 0 Å². The third kappa shape index (κ3) is 2.90. The van der Waals surface area contributed by atoms with E-state index < -0.39 is 5.97 Å². The molecule has 5 heteroatoms. The van der Waals surface area contributed by atoms with E-state index >= 15 is 0 Å². The number of rotatable bonds is 4. The lowest BCUT2D eigenvalue weighted by molar-refractivity contribution is 0.0432. The van der Waals surface area contributed by atoms with Gasteiger partial charge in [-0.1, -0.05) is 6.07 Å². The van der Waals surface area contributed by atoms with Gasteiger partial charge < -0.3 is 13.9 Å². The molecular formula is C18H17NO4. The Balaban J connectivity index is 1.90. The highest BCUT2D eigenvalue weighted by Gasteiger charge is 2.21. The fourth-order valence-electron chi connectivity index (χ4n) is 2.46. The zero-order valence-electron chi connectivity index (χ0n) is 13.3. The van der Waals surface area contributed by atoms with E-state index in [1.807, 2.05) is 38.1 Å². The summed E-state index contributed by atoms with van der Waals surface area (Å²) >= 11 is 0. The van der Waals surface area contributed by atoms with Crippen LogP contribution in [0.25, 0.3) is 11.0 Å². The Morgan fingerprint density at radius 3 is 2.78 bits per heavy atom. The first-order valence-corrected chi connectivity index (χ1v) is 7.25. The number of benzene rings is 1. The maximum absolute atomic E-state index is 12.3. The first kappa shape index (κ1) is 15.1. The highest BCUT2D eigenvalue weighted by molar-refractivity contribution is 5.97. The van der Waals surface area contributed by atoms with E-state index in [0.29, 0.717) is 17.0 Å². The molecule has 0 aliphatic rings. The number of methoxy groups -OCH3 is 1. The van der Waals surface area contributed by atoms with Gasteiger partial charge >= 0.3 is 5.97 Å². The molecule has 23 heavy (non-hydrogen) atoms. The Labute approximate surface area is 133 Å². The van der Waals surface area contributed by atoms with Crippen LogP contribution in [0.3, 0.4) is 0 Å². The second kappa shape index (κ2) is 6.12. The molecule has 0 amide bonds. The van der Waals surface area contributed by atoms with Gasteiger partial charge in [0.2, 0.25) is 5.76 Å². The minimum absolute atomic E-state index is 0.103. The standard InChI is InChI=1S/C18H17NO4/c1-11-8-14-12(2)16(23-17(14)15(9-11)21-3)18(20)22-10-13-6-4-5-7-19-13/h4-9H,10H2,1-3H3. The Kier molecular flexibility index (Phi) is 4.02. The van der Waals surface area contributed by atoms with Gasteiger partial charge in [-0.15, -0.1) is 0 Å². The molecule has 5 nitrogen and oxygen atoms in total. The fraction of sp³-hybridized carbons (Fsp3) is 0.222. The molecular weight excluding hydrogens is 294 g/mol. The summed E-state index contributed by atoms with van der Waals surface area (Å²) in [6.45, 7) is 3.90. The van der Waals surface area contributed by atoms with Crippen LogP contribution in [0.2, 0.25) is 0 Å². The van der Waals surface area contributed by atoms with E-state index in [9.17, 15) is 4.79 Å². The SMILES string of the molecule is COc1cc(C)cc2c(C)c(C(=O)OCc3ccccn3)oc12. The molecule has 1 aromatic carbocycles. The second-order valence-electron chi connectivity index (χ2n) is 5.30. The molecule has 0 aliphatic carbocycles. The van der Waals surface area contributed by atoms with Gasteiger partial charge in [-0.3, -0.25) is 4.98 Å². The molecule has 0 spiro atoms. The molecule has 0 bridgehead atoms. The van der Waals surface area contributed by atoms with Crippen LogP contribution >= 0.6 is 0 Å². The van der Waals surface area contributed by atoms with Crippen molar-refractivity contribution in [2.75, 3.05) is 7.11 Å². The van der Waals surface area contributed by atoms with Crippen LogP contribution in [0.1, 0.15) is 27.4 Å². The van der Waals surface area contributed by atoms with Gasteiger partial charge in [-0.05, 0) is 43.7 Å². The Morgan fingerprint density at radius 1 is 1.26 bits per heavy atom. The normalized spacial score (nSPS) is 10.7.